The van der Waals surface area contributed by atoms with Crippen molar-refractivity contribution in [1.82, 2.24) is 20.2 Å². The van der Waals surface area contributed by atoms with E-state index in [0.717, 1.165) is 44.9 Å². The summed E-state index contributed by atoms with van der Waals surface area (Å²) in [7, 11) is 0. The molecule has 1 aromatic carbocycles. The minimum atomic E-state index is -0.784. The number of tetrazole rings is 1. The number of phenolic OH excluding ortho intramolecular Hbond substituents is 1. The average Bonchev–Trinajstić information content (AvgIpc) is 3.20. The van der Waals surface area contributed by atoms with Crippen molar-refractivity contribution in [3.05, 3.63) is 29.1 Å². The molecule has 0 spiro atoms. The van der Waals surface area contributed by atoms with Gasteiger partial charge in [0.15, 0.2) is 11.6 Å². The third-order valence-electron chi connectivity index (χ3n) is 5.16. The van der Waals surface area contributed by atoms with E-state index in [0.29, 0.717) is 48.7 Å². The Morgan fingerprint density at radius 2 is 1.84 bits per heavy atom. The van der Waals surface area contributed by atoms with Gasteiger partial charge < -0.3 is 14.9 Å². The molecule has 0 unspecified atom stereocenters. The molecule has 9 heteroatoms. The van der Waals surface area contributed by atoms with E-state index in [9.17, 15) is 14.7 Å². The summed E-state index contributed by atoms with van der Waals surface area (Å²) in [6.07, 6.45) is 7.64. The third kappa shape index (κ3) is 8.28. The average molecular weight is 447 g/mol. The fourth-order valence-electron chi connectivity index (χ4n) is 3.45. The Morgan fingerprint density at radius 1 is 1.06 bits per heavy atom. The Hall–Kier alpha value is -2.97. The van der Waals surface area contributed by atoms with Gasteiger partial charge in [-0.1, -0.05) is 26.2 Å². The number of carbonyl (C=O) groups is 2. The maximum atomic E-state index is 11.6. The minimum Gasteiger partial charge on any atom is -0.507 e. The van der Waals surface area contributed by atoms with E-state index in [1.807, 2.05) is 6.92 Å². The normalized spacial score (nSPS) is 10.9. The number of aromatic nitrogens is 4. The van der Waals surface area contributed by atoms with E-state index in [2.05, 4.69) is 15.4 Å². The predicted octanol–water partition coefficient (Wildman–Crippen LogP) is 3.97. The van der Waals surface area contributed by atoms with Crippen LogP contribution in [0.5, 0.6) is 11.5 Å². The Morgan fingerprint density at radius 3 is 2.56 bits per heavy atom. The second-order valence-corrected chi connectivity index (χ2v) is 7.91. The molecule has 0 aliphatic heterocycles. The van der Waals surface area contributed by atoms with Gasteiger partial charge >= 0.3 is 5.97 Å². The quantitative estimate of drug-likeness (QED) is 0.293. The van der Waals surface area contributed by atoms with Crippen molar-refractivity contribution in [2.75, 3.05) is 6.61 Å². The highest BCUT2D eigenvalue weighted by Crippen LogP contribution is 2.33. The van der Waals surface area contributed by atoms with Crippen LogP contribution in [0.4, 0.5) is 0 Å². The number of unbranched alkanes of at least 4 members (excludes halogenated alkanes) is 4. The van der Waals surface area contributed by atoms with Gasteiger partial charge in [-0.25, -0.2) is 0 Å². The molecule has 2 aromatic rings. The molecule has 0 bridgehead atoms. The van der Waals surface area contributed by atoms with Crippen LogP contribution in [0.15, 0.2) is 12.1 Å². The molecular formula is C23H34N4O5. The number of carboxylic acids is 1. The number of carboxylic acid groups (broad SMARTS) is 1. The summed E-state index contributed by atoms with van der Waals surface area (Å²) < 4.78 is 5.89. The zero-order valence-corrected chi connectivity index (χ0v) is 19.0. The van der Waals surface area contributed by atoms with Crippen molar-refractivity contribution in [2.45, 2.75) is 84.6 Å². The van der Waals surface area contributed by atoms with Crippen LogP contribution < -0.4 is 4.74 Å². The van der Waals surface area contributed by atoms with Crippen LogP contribution in [0.2, 0.25) is 0 Å². The first-order valence-electron chi connectivity index (χ1n) is 11.4. The van der Waals surface area contributed by atoms with Gasteiger partial charge in [0.05, 0.1) is 18.7 Å². The van der Waals surface area contributed by atoms with Gasteiger partial charge in [0.2, 0.25) is 0 Å². The molecule has 0 aliphatic rings. The van der Waals surface area contributed by atoms with Gasteiger partial charge in [-0.05, 0) is 56.4 Å². The second-order valence-electron chi connectivity index (χ2n) is 7.91. The highest BCUT2D eigenvalue weighted by molar-refractivity contribution is 5.97. The summed E-state index contributed by atoms with van der Waals surface area (Å²) in [5.74, 6) is 0.467. The number of hydrogen-bond acceptors (Lipinski definition) is 7. The standard InChI is InChI=1S/C23H34N4O5/c1-3-10-19-20(14-13-18(17(2)28)23(19)31)32-16-9-5-4-6-11-21-24-26-27(25-21)15-8-7-12-22(29)30/h13-14,31H,3-12,15-16H2,1-2H3,(H,29,30). The van der Waals surface area contributed by atoms with Crippen molar-refractivity contribution in [3.8, 4) is 11.5 Å². The van der Waals surface area contributed by atoms with Crippen molar-refractivity contribution < 1.29 is 24.5 Å². The topological polar surface area (TPSA) is 127 Å². The maximum absolute atomic E-state index is 11.6. The van der Waals surface area contributed by atoms with E-state index >= 15 is 0 Å². The molecule has 32 heavy (non-hydrogen) atoms. The van der Waals surface area contributed by atoms with E-state index in [1.165, 1.54) is 11.7 Å². The van der Waals surface area contributed by atoms with E-state index < -0.39 is 5.97 Å². The van der Waals surface area contributed by atoms with E-state index in [4.69, 9.17) is 9.84 Å². The number of hydrogen-bond donors (Lipinski definition) is 2. The molecule has 1 heterocycles. The summed E-state index contributed by atoms with van der Waals surface area (Å²) in [6.45, 7) is 4.61. The molecule has 0 amide bonds. The van der Waals surface area contributed by atoms with Gasteiger partial charge in [0.25, 0.3) is 0 Å². The van der Waals surface area contributed by atoms with Crippen LogP contribution in [0.25, 0.3) is 0 Å². The fourth-order valence-corrected chi connectivity index (χ4v) is 3.45. The molecule has 0 radical (unpaired) electrons. The number of ether oxygens (including phenoxy) is 1. The van der Waals surface area contributed by atoms with Gasteiger partial charge in [-0.3, -0.25) is 9.59 Å². The molecule has 0 aliphatic carbocycles. The smallest absolute Gasteiger partial charge is 0.303 e. The first-order valence-corrected chi connectivity index (χ1v) is 11.4. The first kappa shape index (κ1) is 25.3. The summed E-state index contributed by atoms with van der Waals surface area (Å²) in [6, 6.07) is 3.40. The summed E-state index contributed by atoms with van der Waals surface area (Å²) in [4.78, 5) is 23.7. The molecule has 0 saturated carbocycles. The lowest BCUT2D eigenvalue weighted by molar-refractivity contribution is -0.137. The van der Waals surface area contributed by atoms with Crippen LogP contribution in [-0.2, 0) is 24.2 Å². The Balaban J connectivity index is 1.65. The number of Topliss-reactive ketones (excluding diaryl/α,β-unsaturated/α-hetero) is 1. The van der Waals surface area contributed by atoms with Gasteiger partial charge in [0, 0.05) is 18.4 Å². The number of phenols is 1. The summed E-state index contributed by atoms with van der Waals surface area (Å²) >= 11 is 0. The molecule has 2 N–H and O–H groups in total. The molecule has 0 saturated heterocycles. The zero-order chi connectivity index (χ0) is 23.3. The number of aryl methyl sites for hydroxylation is 2. The van der Waals surface area contributed by atoms with Gasteiger partial charge in [0.1, 0.15) is 11.5 Å². The Labute approximate surface area is 188 Å². The number of ketones is 1. The van der Waals surface area contributed by atoms with Crippen LogP contribution in [0, 0.1) is 0 Å². The zero-order valence-electron chi connectivity index (χ0n) is 19.0. The highest BCUT2D eigenvalue weighted by atomic mass is 16.5. The lowest BCUT2D eigenvalue weighted by Crippen LogP contribution is -2.04. The van der Waals surface area contributed by atoms with E-state index in [-0.39, 0.29) is 18.0 Å². The SMILES string of the molecule is CCCc1c(OCCCCCCc2nnn(CCCCC(=O)O)n2)ccc(C(C)=O)c1O. The molecule has 0 fully saturated rings. The minimum absolute atomic E-state index is 0.0410. The molecule has 1 aromatic heterocycles. The number of aromatic hydroxyl groups is 1. The highest BCUT2D eigenvalue weighted by Gasteiger charge is 2.15. The Kier molecular flexibility index (Phi) is 10.6. The third-order valence-corrected chi connectivity index (χ3v) is 5.16. The van der Waals surface area contributed by atoms with E-state index in [1.54, 1.807) is 12.1 Å². The van der Waals surface area contributed by atoms with Gasteiger partial charge in [-0.15, -0.1) is 10.2 Å². The monoisotopic (exact) mass is 446 g/mol. The molecule has 176 valence electrons. The maximum Gasteiger partial charge on any atom is 0.303 e. The lowest BCUT2D eigenvalue weighted by Gasteiger charge is -2.14. The van der Waals surface area contributed by atoms with Crippen molar-refractivity contribution >= 4 is 11.8 Å². The van der Waals surface area contributed by atoms with Crippen LogP contribution >= 0.6 is 0 Å². The number of carbonyl (C=O) groups excluding carboxylic acids is 1. The van der Waals surface area contributed by atoms with Gasteiger partial charge in [-0.2, -0.15) is 4.80 Å². The van der Waals surface area contributed by atoms with Crippen molar-refractivity contribution in [3.63, 3.8) is 0 Å². The first-order chi connectivity index (χ1) is 15.4. The second kappa shape index (κ2) is 13.4. The van der Waals surface area contributed by atoms with Crippen molar-refractivity contribution in [1.29, 1.82) is 0 Å². The van der Waals surface area contributed by atoms with Crippen LogP contribution in [0.3, 0.4) is 0 Å². The predicted molar refractivity (Wildman–Crippen MR) is 119 cm³/mol. The molecule has 9 nitrogen and oxygen atoms in total. The largest absolute Gasteiger partial charge is 0.507 e. The molecule has 2 rings (SSSR count). The Bertz CT molecular complexity index is 881. The fraction of sp³-hybridized carbons (Fsp3) is 0.609. The number of rotatable bonds is 16. The number of aliphatic carboxylic acids is 1. The molecular weight excluding hydrogens is 412 g/mol. The number of benzene rings is 1. The molecule has 0 atom stereocenters. The number of nitrogens with zero attached hydrogens (tertiary/aromatic N) is 4. The summed E-state index contributed by atoms with van der Waals surface area (Å²) in [5, 5.41) is 31.4. The van der Waals surface area contributed by atoms with Crippen molar-refractivity contribution in [2.24, 2.45) is 0 Å². The summed E-state index contributed by atoms with van der Waals surface area (Å²) in [5.41, 5.74) is 1.05. The van der Waals surface area contributed by atoms with Crippen LogP contribution in [0.1, 0.15) is 87.0 Å². The van der Waals surface area contributed by atoms with Crippen LogP contribution in [-0.4, -0.2) is 48.8 Å². The lowest BCUT2D eigenvalue weighted by atomic mass is 10.0.